The second-order valence-corrected chi connectivity index (χ2v) is 3.67. The molecule has 0 fully saturated rings. The van der Waals surface area contributed by atoms with Crippen LogP contribution in [0.2, 0.25) is 5.02 Å². The lowest BCUT2D eigenvalue weighted by molar-refractivity contribution is 0.201. The minimum absolute atomic E-state index is 0.237. The summed E-state index contributed by atoms with van der Waals surface area (Å²) >= 11 is 5.94. The Bertz CT molecular complexity index is 563. The molecular weight excluding hydrogens is 216 g/mol. The Balaban J connectivity index is 2.94. The van der Waals surface area contributed by atoms with Crippen molar-refractivity contribution >= 4 is 22.5 Å². The zero-order chi connectivity index (χ0) is 11.0. The van der Waals surface area contributed by atoms with Crippen LogP contribution in [0.5, 0.6) is 0 Å². The van der Waals surface area contributed by atoms with Gasteiger partial charge in [-0.1, -0.05) is 11.6 Å². The first-order valence-corrected chi connectivity index (χ1v) is 4.83. The molecule has 15 heavy (non-hydrogen) atoms. The van der Waals surface area contributed by atoms with E-state index in [-0.39, 0.29) is 5.56 Å². The number of halogens is 1. The Kier molecular flexibility index (Phi) is 2.46. The van der Waals surface area contributed by atoms with Gasteiger partial charge in [0.15, 0.2) is 0 Å². The summed E-state index contributed by atoms with van der Waals surface area (Å²) in [5, 5.41) is 10.4. The highest BCUT2D eigenvalue weighted by atomic mass is 35.5. The number of benzene rings is 1. The maximum atomic E-state index is 11.4. The monoisotopic (exact) mass is 224 g/mol. The van der Waals surface area contributed by atoms with E-state index in [0.29, 0.717) is 21.5 Å². The molecule has 0 aliphatic carbocycles. The van der Waals surface area contributed by atoms with Gasteiger partial charge in [0.25, 0.3) is 5.56 Å². The van der Waals surface area contributed by atoms with E-state index in [0.717, 1.165) is 0 Å². The number of hydrogen-bond acceptors (Lipinski definition) is 3. The van der Waals surface area contributed by atoms with Gasteiger partial charge in [0.05, 0.1) is 23.3 Å². The highest BCUT2D eigenvalue weighted by Crippen LogP contribution is 2.27. The van der Waals surface area contributed by atoms with E-state index in [1.807, 2.05) is 0 Å². The Morgan fingerprint density at radius 2 is 2.27 bits per heavy atom. The summed E-state index contributed by atoms with van der Waals surface area (Å²) in [4.78, 5) is 17.9. The van der Waals surface area contributed by atoms with Crippen LogP contribution < -0.4 is 5.56 Å². The number of aromatic nitrogens is 2. The van der Waals surface area contributed by atoms with Crippen LogP contribution in [0.1, 0.15) is 18.6 Å². The van der Waals surface area contributed by atoms with E-state index >= 15 is 0 Å². The first kappa shape index (κ1) is 10.1. The first-order valence-electron chi connectivity index (χ1n) is 4.45. The van der Waals surface area contributed by atoms with E-state index in [1.54, 1.807) is 19.1 Å². The molecule has 1 aromatic carbocycles. The molecule has 0 aliphatic heterocycles. The van der Waals surface area contributed by atoms with Crippen LogP contribution in [-0.2, 0) is 0 Å². The van der Waals surface area contributed by atoms with Crippen LogP contribution in [0.15, 0.2) is 23.3 Å². The van der Waals surface area contributed by atoms with Crippen molar-refractivity contribution in [1.29, 1.82) is 0 Å². The highest BCUT2D eigenvalue weighted by molar-refractivity contribution is 6.32. The number of aliphatic hydroxyl groups excluding tert-OH is 1. The second-order valence-electron chi connectivity index (χ2n) is 3.26. The van der Waals surface area contributed by atoms with Gasteiger partial charge in [0.1, 0.15) is 0 Å². The summed E-state index contributed by atoms with van der Waals surface area (Å²) in [5.41, 5.74) is 0.695. The van der Waals surface area contributed by atoms with Gasteiger partial charge < -0.3 is 10.1 Å². The topological polar surface area (TPSA) is 66.0 Å². The van der Waals surface area contributed by atoms with E-state index < -0.39 is 6.10 Å². The summed E-state index contributed by atoms with van der Waals surface area (Å²) in [6, 6.07) is 3.18. The normalized spacial score (nSPS) is 13.0. The van der Waals surface area contributed by atoms with Crippen LogP contribution in [0, 0.1) is 0 Å². The number of nitrogens with one attached hydrogen (secondary N) is 1. The Hall–Kier alpha value is -1.39. The molecule has 1 aromatic heterocycles. The fourth-order valence-corrected chi connectivity index (χ4v) is 1.85. The van der Waals surface area contributed by atoms with Gasteiger partial charge in [-0.3, -0.25) is 4.79 Å². The Labute approximate surface area is 90.5 Å². The molecule has 1 atom stereocenters. The standard InChI is InChI=1S/C10H9ClN2O2/c1-5(14)8-7(11)3-2-6-9(8)12-4-13-10(6)15/h2-5,14H,1H3,(H,12,13,15). The van der Waals surface area contributed by atoms with Crippen LogP contribution in [0.3, 0.4) is 0 Å². The Morgan fingerprint density at radius 3 is 2.93 bits per heavy atom. The van der Waals surface area contributed by atoms with Gasteiger partial charge in [-0.15, -0.1) is 0 Å². The molecule has 4 nitrogen and oxygen atoms in total. The number of hydrogen-bond donors (Lipinski definition) is 2. The van der Waals surface area contributed by atoms with E-state index in [1.165, 1.54) is 6.33 Å². The molecule has 0 bridgehead atoms. The fourth-order valence-electron chi connectivity index (χ4n) is 1.54. The first-order chi connectivity index (χ1) is 7.11. The number of fused-ring (bicyclic) bond motifs is 1. The largest absolute Gasteiger partial charge is 0.389 e. The predicted octanol–water partition coefficient (Wildman–Crippen LogP) is 1.63. The van der Waals surface area contributed by atoms with Gasteiger partial charge in [-0.2, -0.15) is 0 Å². The molecule has 0 saturated heterocycles. The lowest BCUT2D eigenvalue weighted by Crippen LogP contribution is -2.08. The van der Waals surface area contributed by atoms with E-state index in [2.05, 4.69) is 9.97 Å². The van der Waals surface area contributed by atoms with E-state index in [9.17, 15) is 9.90 Å². The minimum Gasteiger partial charge on any atom is -0.389 e. The lowest BCUT2D eigenvalue weighted by Gasteiger charge is -2.09. The quantitative estimate of drug-likeness (QED) is 0.774. The summed E-state index contributed by atoms with van der Waals surface area (Å²) < 4.78 is 0. The zero-order valence-corrected chi connectivity index (χ0v) is 8.75. The van der Waals surface area contributed by atoms with Crippen molar-refractivity contribution < 1.29 is 5.11 Å². The van der Waals surface area contributed by atoms with Crippen molar-refractivity contribution in [3.63, 3.8) is 0 Å². The molecule has 0 amide bonds. The van der Waals surface area contributed by atoms with Crippen LogP contribution >= 0.6 is 11.6 Å². The third-order valence-electron chi connectivity index (χ3n) is 2.22. The van der Waals surface area contributed by atoms with Crippen molar-refractivity contribution in [2.45, 2.75) is 13.0 Å². The number of aromatic amines is 1. The zero-order valence-electron chi connectivity index (χ0n) is 7.99. The number of H-pyrrole nitrogens is 1. The number of aliphatic hydroxyl groups is 1. The Morgan fingerprint density at radius 1 is 1.53 bits per heavy atom. The van der Waals surface area contributed by atoms with Crippen LogP contribution in [0.4, 0.5) is 0 Å². The van der Waals surface area contributed by atoms with Crippen molar-refractivity contribution in [2.24, 2.45) is 0 Å². The minimum atomic E-state index is -0.754. The molecule has 0 spiro atoms. The third-order valence-corrected chi connectivity index (χ3v) is 2.55. The summed E-state index contributed by atoms with van der Waals surface area (Å²) in [6.07, 6.45) is 0.544. The summed E-state index contributed by atoms with van der Waals surface area (Å²) in [6.45, 7) is 1.59. The fraction of sp³-hybridized carbons (Fsp3) is 0.200. The molecule has 1 unspecified atom stereocenters. The number of rotatable bonds is 1. The van der Waals surface area contributed by atoms with Gasteiger partial charge in [0.2, 0.25) is 0 Å². The third kappa shape index (κ3) is 1.62. The molecule has 2 N–H and O–H groups in total. The second kappa shape index (κ2) is 3.64. The van der Waals surface area contributed by atoms with Crippen LogP contribution in [-0.4, -0.2) is 15.1 Å². The maximum Gasteiger partial charge on any atom is 0.258 e. The molecule has 5 heteroatoms. The van der Waals surface area contributed by atoms with Crippen molar-refractivity contribution in [1.82, 2.24) is 9.97 Å². The number of nitrogens with zero attached hydrogens (tertiary/aromatic N) is 1. The molecule has 0 saturated carbocycles. The molecule has 0 aliphatic rings. The molecule has 2 rings (SSSR count). The summed E-state index contributed by atoms with van der Waals surface area (Å²) in [7, 11) is 0. The van der Waals surface area contributed by atoms with Gasteiger partial charge in [0, 0.05) is 10.6 Å². The van der Waals surface area contributed by atoms with Crippen molar-refractivity contribution in [3.8, 4) is 0 Å². The van der Waals surface area contributed by atoms with Crippen molar-refractivity contribution in [3.05, 3.63) is 39.4 Å². The smallest absolute Gasteiger partial charge is 0.258 e. The molecule has 78 valence electrons. The van der Waals surface area contributed by atoms with Gasteiger partial charge >= 0.3 is 0 Å². The molecule has 2 aromatic rings. The maximum absolute atomic E-state index is 11.4. The SMILES string of the molecule is CC(O)c1c(Cl)ccc2c(=O)[nH]cnc12. The molecule has 0 radical (unpaired) electrons. The van der Waals surface area contributed by atoms with Crippen LogP contribution in [0.25, 0.3) is 10.9 Å². The van der Waals surface area contributed by atoms with Crippen molar-refractivity contribution in [2.75, 3.05) is 0 Å². The highest BCUT2D eigenvalue weighted by Gasteiger charge is 2.13. The molecular formula is C10H9ClN2O2. The van der Waals surface area contributed by atoms with Gasteiger partial charge in [-0.25, -0.2) is 4.98 Å². The van der Waals surface area contributed by atoms with Gasteiger partial charge in [-0.05, 0) is 19.1 Å². The predicted molar refractivity (Wildman–Crippen MR) is 58.0 cm³/mol. The van der Waals surface area contributed by atoms with E-state index in [4.69, 9.17) is 11.6 Å². The lowest BCUT2D eigenvalue weighted by atomic mass is 10.1. The average Bonchev–Trinajstić information content (AvgIpc) is 2.17. The molecule has 1 heterocycles. The summed E-state index contributed by atoms with van der Waals surface area (Å²) in [5.74, 6) is 0. The average molecular weight is 225 g/mol.